The SMILES string of the molecule is CC(=O)CCCCN1CCSC(C)(C)CC1. The second-order valence-corrected chi connectivity index (χ2v) is 7.16. The molecule has 0 aromatic heterocycles. The molecule has 1 saturated heterocycles. The monoisotopic (exact) mass is 243 g/mol. The van der Waals surface area contributed by atoms with Gasteiger partial charge in [0.25, 0.3) is 0 Å². The summed E-state index contributed by atoms with van der Waals surface area (Å²) >= 11 is 2.09. The Morgan fingerprint density at radius 2 is 2.06 bits per heavy atom. The van der Waals surface area contributed by atoms with Crippen LogP contribution in [0.15, 0.2) is 0 Å². The lowest BCUT2D eigenvalue weighted by atomic mass is 10.1. The van der Waals surface area contributed by atoms with E-state index >= 15 is 0 Å². The number of unbranched alkanes of at least 4 members (excludes halogenated alkanes) is 1. The van der Waals surface area contributed by atoms with Gasteiger partial charge in [-0.3, -0.25) is 0 Å². The van der Waals surface area contributed by atoms with E-state index in [9.17, 15) is 4.79 Å². The van der Waals surface area contributed by atoms with Gasteiger partial charge in [-0.2, -0.15) is 11.8 Å². The molecule has 1 aliphatic heterocycles. The van der Waals surface area contributed by atoms with Crippen molar-refractivity contribution in [2.24, 2.45) is 0 Å². The number of carbonyl (C=O) groups is 1. The normalized spacial score (nSPS) is 21.7. The summed E-state index contributed by atoms with van der Waals surface area (Å²) in [4.78, 5) is 13.4. The summed E-state index contributed by atoms with van der Waals surface area (Å²) in [5.74, 6) is 1.58. The van der Waals surface area contributed by atoms with Crippen LogP contribution < -0.4 is 0 Å². The maximum atomic E-state index is 10.8. The Bertz CT molecular complexity index is 228. The zero-order valence-corrected chi connectivity index (χ0v) is 11.7. The van der Waals surface area contributed by atoms with Crippen LogP contribution in [0.5, 0.6) is 0 Å². The Morgan fingerprint density at radius 3 is 2.75 bits per heavy atom. The minimum absolute atomic E-state index is 0.326. The fraction of sp³-hybridized carbons (Fsp3) is 0.923. The molecule has 0 radical (unpaired) electrons. The Balaban J connectivity index is 2.15. The van der Waals surface area contributed by atoms with E-state index in [1.54, 1.807) is 6.92 Å². The van der Waals surface area contributed by atoms with E-state index in [1.807, 2.05) is 0 Å². The summed E-state index contributed by atoms with van der Waals surface area (Å²) in [6, 6.07) is 0. The van der Waals surface area contributed by atoms with Crippen molar-refractivity contribution in [1.82, 2.24) is 4.90 Å². The molecule has 0 saturated carbocycles. The van der Waals surface area contributed by atoms with Crippen molar-refractivity contribution in [1.29, 1.82) is 0 Å². The van der Waals surface area contributed by atoms with E-state index in [0.29, 0.717) is 10.5 Å². The third-order valence-electron chi connectivity index (χ3n) is 3.18. The first-order chi connectivity index (χ1) is 7.49. The van der Waals surface area contributed by atoms with E-state index in [2.05, 4.69) is 30.5 Å². The second-order valence-electron chi connectivity index (χ2n) is 5.36. The van der Waals surface area contributed by atoms with Crippen molar-refractivity contribution >= 4 is 17.5 Å². The Labute approximate surface area is 104 Å². The largest absolute Gasteiger partial charge is 0.302 e. The van der Waals surface area contributed by atoms with Crippen LogP contribution in [0.1, 0.15) is 46.5 Å². The quantitative estimate of drug-likeness (QED) is 0.692. The molecular formula is C13H25NOS. The highest BCUT2D eigenvalue weighted by Crippen LogP contribution is 2.30. The van der Waals surface area contributed by atoms with Crippen LogP contribution in [0, 0.1) is 0 Å². The number of rotatable bonds is 5. The van der Waals surface area contributed by atoms with Gasteiger partial charge < -0.3 is 9.69 Å². The van der Waals surface area contributed by atoms with Gasteiger partial charge in [-0.1, -0.05) is 13.8 Å². The number of Topliss-reactive ketones (excluding diaryl/α,β-unsaturated/α-hetero) is 1. The number of hydrogen-bond donors (Lipinski definition) is 0. The summed E-state index contributed by atoms with van der Waals surface area (Å²) in [6.45, 7) is 9.98. The molecule has 1 fully saturated rings. The van der Waals surface area contributed by atoms with Crippen molar-refractivity contribution in [2.75, 3.05) is 25.4 Å². The molecule has 1 heterocycles. The molecule has 1 aliphatic rings. The first-order valence-corrected chi connectivity index (χ1v) is 7.34. The van der Waals surface area contributed by atoms with Gasteiger partial charge in [-0.25, -0.2) is 0 Å². The fourth-order valence-electron chi connectivity index (χ4n) is 2.00. The van der Waals surface area contributed by atoms with Crippen molar-refractivity contribution in [3.05, 3.63) is 0 Å². The summed E-state index contributed by atoms with van der Waals surface area (Å²) in [6.07, 6.45) is 4.27. The topological polar surface area (TPSA) is 20.3 Å². The summed E-state index contributed by atoms with van der Waals surface area (Å²) < 4.78 is 0.453. The summed E-state index contributed by atoms with van der Waals surface area (Å²) in [5, 5.41) is 0. The van der Waals surface area contributed by atoms with Crippen LogP contribution in [-0.2, 0) is 4.79 Å². The predicted octanol–water partition coefficient (Wildman–Crippen LogP) is 2.96. The van der Waals surface area contributed by atoms with Crippen molar-refractivity contribution in [3.8, 4) is 0 Å². The molecular weight excluding hydrogens is 218 g/mol. The molecule has 0 unspecified atom stereocenters. The predicted molar refractivity (Wildman–Crippen MR) is 72.1 cm³/mol. The van der Waals surface area contributed by atoms with Gasteiger partial charge in [0.05, 0.1) is 0 Å². The van der Waals surface area contributed by atoms with Gasteiger partial charge in [0.2, 0.25) is 0 Å². The van der Waals surface area contributed by atoms with E-state index in [-0.39, 0.29) is 0 Å². The summed E-state index contributed by atoms with van der Waals surface area (Å²) in [5.41, 5.74) is 0. The molecule has 16 heavy (non-hydrogen) atoms. The molecule has 0 aromatic rings. The van der Waals surface area contributed by atoms with E-state index in [0.717, 1.165) is 12.8 Å². The van der Waals surface area contributed by atoms with Crippen LogP contribution >= 0.6 is 11.8 Å². The van der Waals surface area contributed by atoms with E-state index in [4.69, 9.17) is 0 Å². The van der Waals surface area contributed by atoms with Gasteiger partial charge in [0.1, 0.15) is 5.78 Å². The van der Waals surface area contributed by atoms with Crippen LogP contribution in [0.3, 0.4) is 0 Å². The minimum Gasteiger partial charge on any atom is -0.302 e. The molecule has 0 atom stereocenters. The first-order valence-electron chi connectivity index (χ1n) is 6.35. The molecule has 94 valence electrons. The third kappa shape index (κ3) is 5.90. The molecule has 2 nitrogen and oxygen atoms in total. The molecule has 1 rings (SSSR count). The lowest BCUT2D eigenvalue weighted by molar-refractivity contribution is -0.117. The van der Waals surface area contributed by atoms with E-state index < -0.39 is 0 Å². The smallest absolute Gasteiger partial charge is 0.129 e. The minimum atomic E-state index is 0.326. The summed E-state index contributed by atoms with van der Waals surface area (Å²) in [7, 11) is 0. The van der Waals surface area contributed by atoms with Crippen molar-refractivity contribution in [2.45, 2.75) is 51.2 Å². The van der Waals surface area contributed by atoms with Crippen LogP contribution in [0.4, 0.5) is 0 Å². The van der Waals surface area contributed by atoms with E-state index in [1.165, 1.54) is 38.2 Å². The fourth-order valence-corrected chi connectivity index (χ4v) is 3.13. The standard InChI is InChI=1S/C13H25NOS/c1-12(15)6-4-5-8-14-9-7-13(2,3)16-11-10-14/h4-11H2,1-3H3. The maximum Gasteiger partial charge on any atom is 0.129 e. The van der Waals surface area contributed by atoms with Crippen LogP contribution in [0.2, 0.25) is 0 Å². The average molecular weight is 243 g/mol. The van der Waals surface area contributed by atoms with Crippen molar-refractivity contribution in [3.63, 3.8) is 0 Å². The Kier molecular flexibility index (Phi) is 5.84. The third-order valence-corrected chi connectivity index (χ3v) is 4.56. The lowest BCUT2D eigenvalue weighted by Crippen LogP contribution is -2.28. The highest BCUT2D eigenvalue weighted by Gasteiger charge is 2.23. The lowest BCUT2D eigenvalue weighted by Gasteiger charge is -2.22. The van der Waals surface area contributed by atoms with Crippen molar-refractivity contribution < 1.29 is 4.79 Å². The van der Waals surface area contributed by atoms with Crippen LogP contribution in [0.25, 0.3) is 0 Å². The van der Waals surface area contributed by atoms with Gasteiger partial charge in [0.15, 0.2) is 0 Å². The highest BCUT2D eigenvalue weighted by molar-refractivity contribution is 8.00. The molecule has 3 heteroatoms. The number of hydrogen-bond acceptors (Lipinski definition) is 3. The molecule has 0 aliphatic carbocycles. The maximum absolute atomic E-state index is 10.8. The molecule has 0 spiro atoms. The second kappa shape index (κ2) is 6.65. The van der Waals surface area contributed by atoms with Gasteiger partial charge in [0, 0.05) is 23.5 Å². The Morgan fingerprint density at radius 1 is 1.31 bits per heavy atom. The average Bonchev–Trinajstić information content (AvgIpc) is 2.34. The number of nitrogens with zero attached hydrogens (tertiary/aromatic N) is 1. The van der Waals surface area contributed by atoms with Gasteiger partial charge in [-0.05, 0) is 39.3 Å². The highest BCUT2D eigenvalue weighted by atomic mass is 32.2. The Hall–Kier alpha value is -0.0200. The zero-order chi connectivity index (χ0) is 12.0. The van der Waals surface area contributed by atoms with Gasteiger partial charge in [-0.15, -0.1) is 0 Å². The molecule has 0 N–H and O–H groups in total. The molecule has 0 bridgehead atoms. The molecule has 0 amide bonds. The zero-order valence-electron chi connectivity index (χ0n) is 10.9. The number of thioether (sulfide) groups is 1. The van der Waals surface area contributed by atoms with Gasteiger partial charge >= 0.3 is 0 Å². The molecule has 0 aromatic carbocycles. The first kappa shape index (κ1) is 14.0. The number of ketones is 1. The number of carbonyl (C=O) groups excluding carboxylic acids is 1. The van der Waals surface area contributed by atoms with Crippen LogP contribution in [-0.4, -0.2) is 40.8 Å².